The molecule has 5 heteroatoms. The normalized spacial score (nSPS) is 8.12. The smallest absolute Gasteiger partial charge is 0.211 e. The Morgan fingerprint density at radius 2 is 2.50 bits per heavy atom. The molecule has 0 aromatic heterocycles. The highest BCUT2D eigenvalue weighted by Crippen LogP contribution is 1.82. The molecule has 0 heterocycles. The lowest BCUT2D eigenvalue weighted by atomic mass is 10.7. The van der Waals surface area contributed by atoms with Crippen molar-refractivity contribution in [3.05, 3.63) is 4.91 Å². The first-order valence-corrected chi connectivity index (χ1v) is 2.17. The zero-order chi connectivity index (χ0) is 6.57. The van der Waals surface area contributed by atoms with E-state index < -0.39 is 0 Å². The van der Waals surface area contributed by atoms with Gasteiger partial charge in [0.25, 0.3) is 0 Å². The van der Waals surface area contributed by atoms with Crippen LogP contribution in [0.3, 0.4) is 0 Å². The van der Waals surface area contributed by atoms with Gasteiger partial charge in [-0.2, -0.15) is 5.01 Å². The van der Waals surface area contributed by atoms with Crippen molar-refractivity contribution >= 4 is 5.96 Å². The Bertz CT molecular complexity index is 101. The van der Waals surface area contributed by atoms with Gasteiger partial charge < -0.3 is 5.73 Å². The number of nitrogens with zero attached hydrogens (tertiary/aromatic N) is 2. The van der Waals surface area contributed by atoms with Crippen LogP contribution in [0.1, 0.15) is 6.92 Å². The molecule has 0 fully saturated rings. The summed E-state index contributed by atoms with van der Waals surface area (Å²) in [7, 11) is 0. The van der Waals surface area contributed by atoms with Crippen LogP contribution >= 0.6 is 0 Å². The third kappa shape index (κ3) is 1.55. The maximum absolute atomic E-state index is 9.63. The molecule has 46 valence electrons. The van der Waals surface area contributed by atoms with Gasteiger partial charge >= 0.3 is 0 Å². The first-order chi connectivity index (χ1) is 3.72. The number of hydrogen-bond acceptors (Lipinski definition) is 3. The second-order valence-corrected chi connectivity index (χ2v) is 1.18. The predicted molar refractivity (Wildman–Crippen MR) is 30.1 cm³/mol. The Labute approximate surface area is 46.9 Å². The van der Waals surface area contributed by atoms with Gasteiger partial charge in [-0.05, 0) is 6.92 Å². The number of nitrogens with one attached hydrogen (secondary N) is 1. The molecule has 0 radical (unpaired) electrons. The van der Waals surface area contributed by atoms with Gasteiger partial charge in [0, 0.05) is 6.54 Å². The minimum Gasteiger partial charge on any atom is -0.368 e. The van der Waals surface area contributed by atoms with Gasteiger partial charge in [-0.15, -0.1) is 4.91 Å². The molecular formula is C3H8N4O. The Morgan fingerprint density at radius 3 is 2.50 bits per heavy atom. The van der Waals surface area contributed by atoms with Gasteiger partial charge in [-0.3, -0.25) is 5.41 Å². The third-order valence-corrected chi connectivity index (χ3v) is 0.676. The molecule has 0 saturated carbocycles. The summed E-state index contributed by atoms with van der Waals surface area (Å²) in [5.41, 5.74) is 4.87. The Morgan fingerprint density at radius 1 is 2.00 bits per heavy atom. The Balaban J connectivity index is 3.69. The van der Waals surface area contributed by atoms with Gasteiger partial charge in [-0.1, -0.05) is 0 Å². The molecule has 0 unspecified atom stereocenters. The van der Waals surface area contributed by atoms with Crippen molar-refractivity contribution in [3.63, 3.8) is 0 Å². The molecule has 0 saturated heterocycles. The van der Waals surface area contributed by atoms with E-state index in [9.17, 15) is 4.91 Å². The van der Waals surface area contributed by atoms with Crippen LogP contribution in [-0.4, -0.2) is 17.5 Å². The summed E-state index contributed by atoms with van der Waals surface area (Å²) >= 11 is 0. The fraction of sp³-hybridized carbons (Fsp3) is 0.667. The molecule has 5 nitrogen and oxygen atoms in total. The molecule has 0 rings (SSSR count). The molecule has 0 bridgehead atoms. The molecule has 0 aromatic rings. The van der Waals surface area contributed by atoms with E-state index in [2.05, 4.69) is 5.29 Å². The minimum atomic E-state index is -0.317. The summed E-state index contributed by atoms with van der Waals surface area (Å²) in [5.74, 6) is -0.317. The first kappa shape index (κ1) is 6.87. The minimum absolute atomic E-state index is 0.317. The summed E-state index contributed by atoms with van der Waals surface area (Å²) in [6, 6.07) is 0. The van der Waals surface area contributed by atoms with Crippen LogP contribution in [-0.2, 0) is 0 Å². The molecule has 0 atom stereocenters. The van der Waals surface area contributed by atoms with Crippen molar-refractivity contribution in [1.29, 1.82) is 5.41 Å². The van der Waals surface area contributed by atoms with Crippen molar-refractivity contribution in [1.82, 2.24) is 5.01 Å². The van der Waals surface area contributed by atoms with Crippen LogP contribution in [0.25, 0.3) is 0 Å². The second kappa shape index (κ2) is 2.95. The number of guanidine groups is 1. The SMILES string of the molecule is CCN(N=O)C(=N)N. The van der Waals surface area contributed by atoms with E-state index in [0.29, 0.717) is 6.54 Å². The molecule has 3 N–H and O–H groups in total. The van der Waals surface area contributed by atoms with E-state index in [4.69, 9.17) is 11.1 Å². The zero-order valence-electron chi connectivity index (χ0n) is 4.59. The van der Waals surface area contributed by atoms with Crippen LogP contribution in [0.2, 0.25) is 0 Å². The Hall–Kier alpha value is -1.13. The summed E-state index contributed by atoms with van der Waals surface area (Å²) in [4.78, 5) is 9.63. The average Bonchev–Trinajstić information content (AvgIpc) is 1.69. The highest BCUT2D eigenvalue weighted by molar-refractivity contribution is 5.73. The van der Waals surface area contributed by atoms with E-state index >= 15 is 0 Å². The topological polar surface area (TPSA) is 82.5 Å². The maximum Gasteiger partial charge on any atom is 0.211 e. The van der Waals surface area contributed by atoms with E-state index in [0.717, 1.165) is 5.01 Å². The second-order valence-electron chi connectivity index (χ2n) is 1.18. The zero-order valence-corrected chi connectivity index (χ0v) is 4.59. The third-order valence-electron chi connectivity index (χ3n) is 0.676. The number of nitrogens with two attached hydrogens (primary N) is 1. The summed E-state index contributed by atoms with van der Waals surface area (Å²) in [6.07, 6.45) is 0. The van der Waals surface area contributed by atoms with Gasteiger partial charge in [0.15, 0.2) is 0 Å². The largest absolute Gasteiger partial charge is 0.368 e. The van der Waals surface area contributed by atoms with Crippen molar-refractivity contribution in [3.8, 4) is 0 Å². The lowest BCUT2D eigenvalue weighted by Crippen LogP contribution is -2.31. The van der Waals surface area contributed by atoms with E-state index in [1.165, 1.54) is 0 Å². The van der Waals surface area contributed by atoms with Crippen molar-refractivity contribution in [2.24, 2.45) is 11.0 Å². The van der Waals surface area contributed by atoms with E-state index in [-0.39, 0.29) is 5.96 Å². The predicted octanol–water partition coefficient (Wildman–Crippen LogP) is -0.117. The highest BCUT2D eigenvalue weighted by atomic mass is 16.3. The van der Waals surface area contributed by atoms with Gasteiger partial charge in [-0.25, -0.2) is 0 Å². The van der Waals surface area contributed by atoms with Crippen molar-refractivity contribution < 1.29 is 0 Å². The molecule has 0 aliphatic rings. The lowest BCUT2D eigenvalue weighted by molar-refractivity contribution is 0.456. The average molecular weight is 116 g/mol. The van der Waals surface area contributed by atoms with Crippen LogP contribution in [0.5, 0.6) is 0 Å². The molecule has 0 spiro atoms. The van der Waals surface area contributed by atoms with Crippen LogP contribution in [0, 0.1) is 10.3 Å². The van der Waals surface area contributed by atoms with Crippen molar-refractivity contribution in [2.75, 3.05) is 6.54 Å². The number of rotatable bonds is 2. The Kier molecular flexibility index (Phi) is 2.53. The van der Waals surface area contributed by atoms with Gasteiger partial charge in [0.1, 0.15) is 0 Å². The van der Waals surface area contributed by atoms with Crippen LogP contribution in [0.4, 0.5) is 0 Å². The molecule has 8 heavy (non-hydrogen) atoms. The maximum atomic E-state index is 9.63. The fourth-order valence-electron chi connectivity index (χ4n) is 0.272. The van der Waals surface area contributed by atoms with Gasteiger partial charge in [0.05, 0.1) is 5.29 Å². The molecule has 0 aliphatic heterocycles. The monoisotopic (exact) mass is 116 g/mol. The molecule has 0 aromatic carbocycles. The summed E-state index contributed by atoms with van der Waals surface area (Å²) in [5, 5.41) is 9.95. The highest BCUT2D eigenvalue weighted by Gasteiger charge is 1.98. The number of nitroso groups, excluding NO2 is 1. The summed E-state index contributed by atoms with van der Waals surface area (Å²) in [6.45, 7) is 2.03. The van der Waals surface area contributed by atoms with Crippen LogP contribution in [0.15, 0.2) is 5.29 Å². The quantitative estimate of drug-likeness (QED) is 0.228. The first-order valence-electron chi connectivity index (χ1n) is 2.17. The lowest BCUT2D eigenvalue weighted by Gasteiger charge is -2.06. The van der Waals surface area contributed by atoms with Crippen molar-refractivity contribution in [2.45, 2.75) is 6.92 Å². The van der Waals surface area contributed by atoms with E-state index in [1.54, 1.807) is 6.92 Å². The van der Waals surface area contributed by atoms with Crippen LogP contribution < -0.4 is 5.73 Å². The molecule has 0 aliphatic carbocycles. The molecular weight excluding hydrogens is 108 g/mol. The summed E-state index contributed by atoms with van der Waals surface area (Å²) < 4.78 is 0. The standard InChI is InChI=1S/C3H8N4O/c1-2-7(6-8)3(4)5/h2H2,1H3,(H3,4,5). The van der Waals surface area contributed by atoms with Gasteiger partial charge in [0.2, 0.25) is 5.96 Å². The number of hydrogen-bond donors (Lipinski definition) is 2. The van der Waals surface area contributed by atoms with E-state index in [1.807, 2.05) is 0 Å². The molecule has 0 amide bonds. The fourth-order valence-corrected chi connectivity index (χ4v) is 0.272.